The van der Waals surface area contributed by atoms with Crippen molar-refractivity contribution in [1.29, 1.82) is 0 Å². The average Bonchev–Trinajstić information content (AvgIpc) is 3.72. The van der Waals surface area contributed by atoms with Gasteiger partial charge in [0.1, 0.15) is 0 Å². The Morgan fingerprint density at radius 1 is 0.261 bits per heavy atom. The lowest BCUT2D eigenvalue weighted by molar-refractivity contribution is 0.752. The van der Waals surface area contributed by atoms with E-state index >= 15 is 0 Å². The van der Waals surface area contributed by atoms with E-state index < -0.39 is 5.41 Å². The van der Waals surface area contributed by atoms with Crippen LogP contribution in [0.3, 0.4) is 0 Å². The van der Waals surface area contributed by atoms with Crippen LogP contribution in [0.5, 0.6) is 0 Å². The molecular weight excluding hydrogens is 833 g/mol. The van der Waals surface area contributed by atoms with E-state index in [0.29, 0.717) is 0 Å². The number of nitrogens with zero attached hydrogens (tertiary/aromatic N) is 2. The van der Waals surface area contributed by atoms with Crippen LogP contribution in [0.2, 0.25) is 0 Å². The van der Waals surface area contributed by atoms with E-state index in [9.17, 15) is 0 Å². The first kappa shape index (κ1) is 40.3. The van der Waals surface area contributed by atoms with Gasteiger partial charge in [-0.25, -0.2) is 0 Å². The molecule has 2 nitrogen and oxygen atoms in total. The Balaban J connectivity index is 1.00. The zero-order chi connectivity index (χ0) is 45.7. The number of para-hydroxylation sites is 4. The molecule has 0 saturated heterocycles. The van der Waals surface area contributed by atoms with Crippen molar-refractivity contribution in [1.82, 2.24) is 0 Å². The second kappa shape index (κ2) is 16.7. The summed E-state index contributed by atoms with van der Waals surface area (Å²) in [4.78, 5) is 4.92. The molecule has 0 radical (unpaired) electrons. The number of rotatable bonds is 8. The molecule has 0 unspecified atom stereocenters. The smallest absolute Gasteiger partial charge is 0.0755 e. The molecule has 0 saturated carbocycles. The van der Waals surface area contributed by atoms with Crippen molar-refractivity contribution < 1.29 is 0 Å². The average molecular weight is 879 g/mol. The maximum atomic E-state index is 2.49. The molecule has 0 amide bonds. The topological polar surface area (TPSA) is 6.48 Å². The number of hydrogen-bond acceptors (Lipinski definition) is 2. The maximum absolute atomic E-state index is 2.49. The summed E-state index contributed by atoms with van der Waals surface area (Å²) in [5.74, 6) is 0. The highest BCUT2D eigenvalue weighted by atomic mass is 15.2. The third-order valence-corrected chi connectivity index (χ3v) is 14.3. The summed E-state index contributed by atoms with van der Waals surface area (Å²) in [6.07, 6.45) is 0. The Labute approximate surface area is 404 Å². The summed E-state index contributed by atoms with van der Waals surface area (Å²) in [5, 5.41) is 0. The van der Waals surface area contributed by atoms with Gasteiger partial charge in [-0.1, -0.05) is 224 Å². The second-order valence-electron chi connectivity index (χ2n) is 18.0. The number of benzene rings is 11. The van der Waals surface area contributed by atoms with Crippen molar-refractivity contribution in [3.05, 3.63) is 301 Å². The Kier molecular flexibility index (Phi) is 9.77. The molecule has 2 heteroatoms. The molecule has 0 aromatic heterocycles. The molecule has 13 rings (SSSR count). The molecule has 1 aliphatic carbocycles. The summed E-state index contributed by atoms with van der Waals surface area (Å²) in [6, 6.07) is 102. The zero-order valence-electron chi connectivity index (χ0n) is 38.0. The molecule has 1 aliphatic heterocycles. The number of anilines is 6. The molecule has 69 heavy (non-hydrogen) atoms. The van der Waals surface area contributed by atoms with Gasteiger partial charge >= 0.3 is 0 Å². The SMILES string of the molecule is c1ccc(-c2ccc(-c3ccc(N(c4ccc5c(c4)C4(c6ccccc6-5)c5ccccc5N(c5ccccc5)c5ccccc54)c4ccccc4-c4ccc(-c5ccccc5)cc4)cc3)cc2)cc1. The second-order valence-corrected chi connectivity index (χ2v) is 18.0. The van der Waals surface area contributed by atoms with E-state index in [2.05, 4.69) is 289 Å². The van der Waals surface area contributed by atoms with E-state index in [1.165, 1.54) is 78.1 Å². The van der Waals surface area contributed by atoms with Crippen LogP contribution >= 0.6 is 0 Å². The first-order valence-electron chi connectivity index (χ1n) is 23.8. The van der Waals surface area contributed by atoms with Crippen LogP contribution in [0.4, 0.5) is 34.1 Å². The minimum atomic E-state index is -0.589. The van der Waals surface area contributed by atoms with Gasteiger partial charge in [-0.3, -0.25) is 0 Å². The fraction of sp³-hybridized carbons (Fsp3) is 0.0149. The van der Waals surface area contributed by atoms with Gasteiger partial charge < -0.3 is 9.80 Å². The van der Waals surface area contributed by atoms with E-state index in [1.807, 2.05) is 0 Å². The lowest BCUT2D eigenvalue weighted by Crippen LogP contribution is -2.36. The fourth-order valence-corrected chi connectivity index (χ4v) is 11.2. The summed E-state index contributed by atoms with van der Waals surface area (Å²) in [7, 11) is 0. The zero-order valence-corrected chi connectivity index (χ0v) is 38.0. The van der Waals surface area contributed by atoms with Crippen LogP contribution in [-0.2, 0) is 5.41 Å². The van der Waals surface area contributed by atoms with Crippen LogP contribution < -0.4 is 9.80 Å². The van der Waals surface area contributed by atoms with Crippen molar-refractivity contribution in [2.24, 2.45) is 0 Å². The predicted molar refractivity (Wildman–Crippen MR) is 288 cm³/mol. The van der Waals surface area contributed by atoms with E-state index in [-0.39, 0.29) is 0 Å². The Bertz CT molecular complexity index is 3590. The summed E-state index contributed by atoms with van der Waals surface area (Å²) in [6.45, 7) is 0. The summed E-state index contributed by atoms with van der Waals surface area (Å²) < 4.78 is 0. The van der Waals surface area contributed by atoms with Gasteiger partial charge in [-0.05, 0) is 127 Å². The lowest BCUT2D eigenvalue weighted by atomic mass is 9.64. The highest BCUT2D eigenvalue weighted by Gasteiger charge is 2.51. The molecule has 1 heterocycles. The third-order valence-electron chi connectivity index (χ3n) is 14.3. The van der Waals surface area contributed by atoms with Gasteiger partial charge in [0, 0.05) is 22.6 Å². The highest BCUT2D eigenvalue weighted by Crippen LogP contribution is 2.64. The molecule has 0 fully saturated rings. The maximum Gasteiger partial charge on any atom is 0.0755 e. The first-order valence-corrected chi connectivity index (χ1v) is 23.8. The molecule has 0 N–H and O–H groups in total. The van der Waals surface area contributed by atoms with Gasteiger partial charge in [0.2, 0.25) is 0 Å². The van der Waals surface area contributed by atoms with Gasteiger partial charge in [0.05, 0.1) is 22.5 Å². The van der Waals surface area contributed by atoms with E-state index in [0.717, 1.165) is 33.9 Å². The molecule has 0 atom stereocenters. The Morgan fingerprint density at radius 3 is 1.22 bits per heavy atom. The van der Waals surface area contributed by atoms with Crippen molar-refractivity contribution in [2.45, 2.75) is 5.41 Å². The minimum absolute atomic E-state index is 0.589. The van der Waals surface area contributed by atoms with Crippen LogP contribution in [0.15, 0.2) is 279 Å². The van der Waals surface area contributed by atoms with Crippen molar-refractivity contribution in [2.75, 3.05) is 9.80 Å². The van der Waals surface area contributed by atoms with Gasteiger partial charge in [-0.15, -0.1) is 0 Å². The first-order chi connectivity index (χ1) is 34.2. The quantitative estimate of drug-likeness (QED) is 0.150. The van der Waals surface area contributed by atoms with Crippen LogP contribution in [0.1, 0.15) is 22.3 Å². The van der Waals surface area contributed by atoms with Crippen molar-refractivity contribution in [3.63, 3.8) is 0 Å². The van der Waals surface area contributed by atoms with Crippen LogP contribution in [0, 0.1) is 0 Å². The van der Waals surface area contributed by atoms with Crippen LogP contribution in [0.25, 0.3) is 55.6 Å². The van der Waals surface area contributed by atoms with Gasteiger partial charge in [0.15, 0.2) is 0 Å². The standard InChI is InChI=1S/C67H46N2/c1-4-18-47(19-5-1)49-32-34-51(35-33-49)52-40-42-55(43-41-52)68(64-29-15-11-24-57(64)53-38-36-50(37-39-53)48-20-6-2-7-21-48)56-44-45-59-58-25-10-12-26-60(58)67(63(59)46-56)61-27-13-16-30-65(61)69(54-22-8-3-9-23-54)66-31-17-14-28-62(66)67/h1-46H. The molecule has 324 valence electrons. The monoisotopic (exact) mass is 878 g/mol. The largest absolute Gasteiger partial charge is 0.310 e. The lowest BCUT2D eigenvalue weighted by Gasteiger charge is -2.45. The van der Waals surface area contributed by atoms with E-state index in [1.54, 1.807) is 0 Å². The summed E-state index contributed by atoms with van der Waals surface area (Å²) >= 11 is 0. The Hall–Kier alpha value is -8.98. The number of fused-ring (bicyclic) bond motifs is 9. The summed E-state index contributed by atoms with van der Waals surface area (Å²) in [5.41, 5.74) is 23.3. The number of hydrogen-bond donors (Lipinski definition) is 0. The third kappa shape index (κ3) is 6.64. The van der Waals surface area contributed by atoms with Crippen molar-refractivity contribution in [3.8, 4) is 55.6 Å². The van der Waals surface area contributed by atoms with Crippen LogP contribution in [-0.4, -0.2) is 0 Å². The Morgan fingerprint density at radius 2 is 0.652 bits per heavy atom. The molecular formula is C67H46N2. The minimum Gasteiger partial charge on any atom is -0.310 e. The molecule has 11 aromatic rings. The van der Waals surface area contributed by atoms with Crippen molar-refractivity contribution >= 4 is 34.1 Å². The molecule has 11 aromatic carbocycles. The molecule has 1 spiro atoms. The fourth-order valence-electron chi connectivity index (χ4n) is 11.2. The predicted octanol–water partition coefficient (Wildman–Crippen LogP) is 18.0. The van der Waals surface area contributed by atoms with E-state index in [4.69, 9.17) is 0 Å². The van der Waals surface area contributed by atoms with Gasteiger partial charge in [-0.2, -0.15) is 0 Å². The highest BCUT2D eigenvalue weighted by molar-refractivity contribution is 5.98. The molecule has 2 aliphatic rings. The normalized spacial score (nSPS) is 12.7. The molecule has 0 bridgehead atoms. The van der Waals surface area contributed by atoms with Gasteiger partial charge in [0.25, 0.3) is 0 Å².